The van der Waals surface area contributed by atoms with Gasteiger partial charge in [-0.3, -0.25) is 9.36 Å². The highest BCUT2D eigenvalue weighted by Gasteiger charge is 2.12. The van der Waals surface area contributed by atoms with Crippen LogP contribution in [0.15, 0.2) is 71.5 Å². The van der Waals surface area contributed by atoms with Gasteiger partial charge in [0, 0.05) is 5.02 Å². The molecule has 4 rings (SSSR count). The van der Waals surface area contributed by atoms with E-state index in [2.05, 4.69) is 0 Å². The summed E-state index contributed by atoms with van der Waals surface area (Å²) in [5, 5.41) is 1.17. The quantitative estimate of drug-likeness (QED) is 0.451. The van der Waals surface area contributed by atoms with E-state index in [0.29, 0.717) is 27.4 Å². The molecule has 0 radical (unpaired) electrons. The van der Waals surface area contributed by atoms with E-state index < -0.39 is 0 Å². The Morgan fingerprint density at radius 2 is 1.76 bits per heavy atom. The Morgan fingerprint density at radius 3 is 2.48 bits per heavy atom. The number of fused-ring (bicyclic) bond motifs is 1. The predicted molar refractivity (Wildman–Crippen MR) is 119 cm³/mol. The highest BCUT2D eigenvalue weighted by atomic mass is 35.5. The maximum absolute atomic E-state index is 13.3. The van der Waals surface area contributed by atoms with Gasteiger partial charge < -0.3 is 4.74 Å². The lowest BCUT2D eigenvalue weighted by Gasteiger charge is -2.12. The summed E-state index contributed by atoms with van der Waals surface area (Å²) in [5.74, 6) is 1.32. The van der Waals surface area contributed by atoms with Gasteiger partial charge in [-0.25, -0.2) is 4.98 Å². The topological polar surface area (TPSA) is 44.1 Å². The van der Waals surface area contributed by atoms with Gasteiger partial charge in [-0.05, 0) is 60.5 Å². The summed E-state index contributed by atoms with van der Waals surface area (Å²) >= 11 is 6.32. The van der Waals surface area contributed by atoms with Crippen molar-refractivity contribution in [3.05, 3.63) is 99.1 Å². The number of methoxy groups -OCH3 is 1. The molecule has 0 fully saturated rings. The number of rotatable bonds is 4. The van der Waals surface area contributed by atoms with Gasteiger partial charge >= 0.3 is 0 Å². The largest absolute Gasteiger partial charge is 0.497 e. The van der Waals surface area contributed by atoms with E-state index in [0.717, 1.165) is 16.9 Å². The molecule has 0 atom stereocenters. The van der Waals surface area contributed by atoms with Crippen LogP contribution in [0.1, 0.15) is 17.0 Å². The van der Waals surface area contributed by atoms with Gasteiger partial charge in [0.1, 0.15) is 11.6 Å². The van der Waals surface area contributed by atoms with Crippen LogP contribution < -0.4 is 10.3 Å². The number of halogens is 1. The van der Waals surface area contributed by atoms with E-state index >= 15 is 0 Å². The van der Waals surface area contributed by atoms with E-state index in [1.165, 1.54) is 0 Å². The summed E-state index contributed by atoms with van der Waals surface area (Å²) in [6.45, 7) is 1.93. The number of hydrogen-bond donors (Lipinski definition) is 0. The van der Waals surface area contributed by atoms with E-state index in [-0.39, 0.29) is 5.56 Å². The zero-order chi connectivity index (χ0) is 20.4. The molecule has 0 aliphatic rings. The van der Waals surface area contributed by atoms with Gasteiger partial charge in [0.25, 0.3) is 5.56 Å². The van der Waals surface area contributed by atoms with Gasteiger partial charge in [-0.2, -0.15) is 0 Å². The van der Waals surface area contributed by atoms with Crippen molar-refractivity contribution in [2.45, 2.75) is 6.92 Å². The smallest absolute Gasteiger partial charge is 0.266 e. The lowest BCUT2D eigenvalue weighted by molar-refractivity contribution is 0.415. The van der Waals surface area contributed by atoms with Crippen LogP contribution in [0.3, 0.4) is 0 Å². The number of ether oxygens (including phenoxy) is 1. The Kier molecular flexibility index (Phi) is 5.19. The monoisotopic (exact) mass is 402 g/mol. The summed E-state index contributed by atoms with van der Waals surface area (Å²) in [7, 11) is 1.63. The second-order valence-corrected chi connectivity index (χ2v) is 7.07. The van der Waals surface area contributed by atoms with E-state index in [1.54, 1.807) is 23.8 Å². The molecule has 3 aromatic carbocycles. The predicted octanol–water partition coefficient (Wildman–Crippen LogP) is 5.53. The molecule has 0 aliphatic carbocycles. The molecule has 0 aliphatic heterocycles. The van der Waals surface area contributed by atoms with Crippen molar-refractivity contribution >= 4 is 34.7 Å². The van der Waals surface area contributed by atoms with Crippen molar-refractivity contribution in [1.82, 2.24) is 9.55 Å². The van der Waals surface area contributed by atoms with Gasteiger partial charge in [-0.1, -0.05) is 48.0 Å². The minimum atomic E-state index is -0.134. The average molecular weight is 403 g/mol. The van der Waals surface area contributed by atoms with Crippen LogP contribution >= 0.6 is 11.6 Å². The van der Waals surface area contributed by atoms with Crippen molar-refractivity contribution in [2.75, 3.05) is 7.11 Å². The molecule has 0 N–H and O–H groups in total. The second kappa shape index (κ2) is 7.94. The molecule has 1 heterocycles. The fourth-order valence-electron chi connectivity index (χ4n) is 3.12. The zero-order valence-corrected chi connectivity index (χ0v) is 16.9. The molecular formula is C24H19ClN2O2. The van der Waals surface area contributed by atoms with E-state index in [4.69, 9.17) is 21.3 Å². The Labute approximate surface area is 173 Å². The summed E-state index contributed by atoms with van der Waals surface area (Å²) in [4.78, 5) is 18.0. The lowest BCUT2D eigenvalue weighted by Crippen LogP contribution is -2.22. The van der Waals surface area contributed by atoms with Crippen molar-refractivity contribution in [2.24, 2.45) is 0 Å². The molecule has 1 aromatic heterocycles. The van der Waals surface area contributed by atoms with Crippen molar-refractivity contribution in [3.8, 4) is 11.4 Å². The SMILES string of the molecule is COc1ccc(/C=C/c2nc3ccccc3c(=O)n2-c2ccc(C)c(Cl)c2)cc1. The fraction of sp³-hybridized carbons (Fsp3) is 0.0833. The number of nitrogens with zero attached hydrogens (tertiary/aromatic N) is 2. The van der Waals surface area contributed by atoms with Gasteiger partial charge in [-0.15, -0.1) is 0 Å². The third-order valence-corrected chi connectivity index (χ3v) is 5.16. The molecule has 0 unspecified atom stereocenters. The van der Waals surface area contributed by atoms with Crippen molar-refractivity contribution in [1.29, 1.82) is 0 Å². The highest BCUT2D eigenvalue weighted by molar-refractivity contribution is 6.31. The number of hydrogen-bond acceptors (Lipinski definition) is 3. The first-order valence-electron chi connectivity index (χ1n) is 9.17. The van der Waals surface area contributed by atoms with E-state index in [1.807, 2.05) is 73.7 Å². The van der Waals surface area contributed by atoms with E-state index in [9.17, 15) is 4.79 Å². The summed E-state index contributed by atoms with van der Waals surface area (Å²) in [6.07, 6.45) is 3.76. The van der Waals surface area contributed by atoms with Gasteiger partial charge in [0.15, 0.2) is 0 Å². The molecule has 0 bridgehead atoms. The molecular weight excluding hydrogens is 384 g/mol. The van der Waals surface area contributed by atoms with Crippen LogP contribution in [-0.2, 0) is 0 Å². The Balaban J connectivity index is 1.90. The molecule has 4 nitrogen and oxygen atoms in total. The first-order valence-corrected chi connectivity index (χ1v) is 9.55. The number of aromatic nitrogens is 2. The Hall–Kier alpha value is -3.37. The minimum absolute atomic E-state index is 0.134. The molecule has 0 saturated heterocycles. The molecule has 5 heteroatoms. The third kappa shape index (κ3) is 3.80. The molecule has 29 heavy (non-hydrogen) atoms. The van der Waals surface area contributed by atoms with Gasteiger partial charge in [0.05, 0.1) is 23.7 Å². The van der Waals surface area contributed by atoms with Crippen molar-refractivity contribution in [3.63, 3.8) is 0 Å². The summed E-state index contributed by atoms with van der Waals surface area (Å²) in [6, 6.07) is 20.6. The maximum atomic E-state index is 13.3. The van der Waals surface area contributed by atoms with Crippen LogP contribution in [0.25, 0.3) is 28.7 Å². The maximum Gasteiger partial charge on any atom is 0.266 e. The Bertz CT molecular complexity index is 1270. The lowest BCUT2D eigenvalue weighted by atomic mass is 10.2. The molecule has 0 amide bonds. The third-order valence-electron chi connectivity index (χ3n) is 4.76. The Morgan fingerprint density at radius 1 is 1.00 bits per heavy atom. The average Bonchev–Trinajstić information content (AvgIpc) is 2.75. The zero-order valence-electron chi connectivity index (χ0n) is 16.1. The van der Waals surface area contributed by atoms with Crippen LogP contribution in [0.2, 0.25) is 5.02 Å². The second-order valence-electron chi connectivity index (χ2n) is 6.67. The van der Waals surface area contributed by atoms with Crippen LogP contribution in [0.4, 0.5) is 0 Å². The molecule has 0 spiro atoms. The standard InChI is InChI=1S/C24H19ClN2O2/c1-16-7-11-18(15-21(16)25)27-23(14-10-17-8-12-19(29-2)13-9-17)26-22-6-4-3-5-20(22)24(27)28/h3-15H,1-2H3/b14-10+. The normalized spacial score (nSPS) is 11.3. The molecule has 0 saturated carbocycles. The van der Waals surface area contributed by atoms with Gasteiger partial charge in [0.2, 0.25) is 0 Å². The number of benzene rings is 3. The summed E-state index contributed by atoms with van der Waals surface area (Å²) in [5.41, 5.74) is 3.12. The number of aryl methyl sites for hydroxylation is 1. The molecule has 4 aromatic rings. The van der Waals surface area contributed by atoms with Crippen LogP contribution in [-0.4, -0.2) is 16.7 Å². The fourth-order valence-corrected chi connectivity index (χ4v) is 3.29. The molecule has 144 valence electrons. The summed E-state index contributed by atoms with van der Waals surface area (Å²) < 4.78 is 6.79. The van der Waals surface area contributed by atoms with Crippen molar-refractivity contribution < 1.29 is 4.74 Å². The number of para-hydroxylation sites is 1. The minimum Gasteiger partial charge on any atom is -0.497 e. The first kappa shape index (κ1) is 19.0. The van der Waals surface area contributed by atoms with Crippen LogP contribution in [0.5, 0.6) is 5.75 Å². The highest BCUT2D eigenvalue weighted by Crippen LogP contribution is 2.21. The van der Waals surface area contributed by atoms with Crippen LogP contribution in [0, 0.1) is 6.92 Å². The first-order chi connectivity index (χ1) is 14.1.